The topological polar surface area (TPSA) is 144 Å². The van der Waals surface area contributed by atoms with Crippen LogP contribution in [0.2, 0.25) is 0 Å². The number of carbonyl (C=O) groups excluding carboxylic acids is 3. The molecule has 1 atom stereocenters. The molecule has 26 heavy (non-hydrogen) atoms. The minimum Gasteiger partial charge on any atom is -0.352 e. The van der Waals surface area contributed by atoms with E-state index in [1.54, 1.807) is 0 Å². The van der Waals surface area contributed by atoms with E-state index in [1.807, 2.05) is 0 Å². The Hall–Kier alpha value is -2.82. The molecule has 1 N–H and O–H groups in total. The summed E-state index contributed by atoms with van der Waals surface area (Å²) in [5.74, 6) is -2.10. The zero-order chi connectivity index (χ0) is 19.1. The standard InChI is InChI=1S/C15H15N3O7S/c19-12(16-9-5-7-26(24,25)8-9)4-6-17-14(20)10-2-1-3-11(18(22)23)13(10)15(17)21/h1-3,9H,4-8H2,(H,16,19). The molecule has 0 saturated carbocycles. The minimum absolute atomic E-state index is 0.0139. The van der Waals surface area contributed by atoms with Gasteiger partial charge in [-0.05, 0) is 12.5 Å². The molecule has 0 radical (unpaired) electrons. The molecule has 2 aliphatic heterocycles. The molecule has 0 aliphatic carbocycles. The van der Waals surface area contributed by atoms with E-state index in [0.717, 1.165) is 11.0 Å². The van der Waals surface area contributed by atoms with E-state index < -0.39 is 44.2 Å². The Labute approximate surface area is 148 Å². The predicted octanol–water partition coefficient (Wildman–Crippen LogP) is -0.116. The van der Waals surface area contributed by atoms with Gasteiger partial charge < -0.3 is 5.32 Å². The van der Waals surface area contributed by atoms with Crippen molar-refractivity contribution in [3.63, 3.8) is 0 Å². The molecule has 0 bridgehead atoms. The summed E-state index contributed by atoms with van der Waals surface area (Å²) in [6.07, 6.45) is 0.114. The predicted molar refractivity (Wildman–Crippen MR) is 88.3 cm³/mol. The summed E-state index contributed by atoms with van der Waals surface area (Å²) in [5, 5.41) is 13.6. The van der Waals surface area contributed by atoms with Gasteiger partial charge in [0.15, 0.2) is 9.84 Å². The molecule has 1 aromatic carbocycles. The number of rotatable bonds is 5. The van der Waals surface area contributed by atoms with E-state index in [9.17, 15) is 32.9 Å². The fraction of sp³-hybridized carbons (Fsp3) is 0.400. The maximum Gasteiger partial charge on any atom is 0.282 e. The summed E-state index contributed by atoms with van der Waals surface area (Å²) in [6.45, 7) is -0.241. The van der Waals surface area contributed by atoms with Crippen molar-refractivity contribution < 1.29 is 27.7 Å². The zero-order valence-corrected chi connectivity index (χ0v) is 14.3. The van der Waals surface area contributed by atoms with Crippen LogP contribution in [0.4, 0.5) is 5.69 Å². The summed E-state index contributed by atoms with van der Waals surface area (Å²) < 4.78 is 22.8. The molecule has 11 heteroatoms. The van der Waals surface area contributed by atoms with Gasteiger partial charge in [-0.2, -0.15) is 0 Å². The molecule has 1 fully saturated rings. The van der Waals surface area contributed by atoms with Crippen molar-refractivity contribution in [1.29, 1.82) is 0 Å². The first-order valence-corrected chi connectivity index (χ1v) is 9.65. The molecule has 3 amide bonds. The lowest BCUT2D eigenvalue weighted by molar-refractivity contribution is -0.385. The number of amides is 3. The molecule has 2 aliphatic rings. The van der Waals surface area contributed by atoms with Crippen LogP contribution >= 0.6 is 0 Å². The van der Waals surface area contributed by atoms with Gasteiger partial charge in [-0.1, -0.05) is 6.07 Å². The number of sulfone groups is 1. The molecular weight excluding hydrogens is 366 g/mol. The number of nitro benzene ring substituents is 1. The van der Waals surface area contributed by atoms with Crippen LogP contribution in [0.3, 0.4) is 0 Å². The maximum absolute atomic E-state index is 12.4. The average Bonchev–Trinajstić information content (AvgIpc) is 3.03. The van der Waals surface area contributed by atoms with Gasteiger partial charge in [-0.3, -0.25) is 29.4 Å². The number of nitrogens with zero attached hydrogens (tertiary/aromatic N) is 2. The lowest BCUT2D eigenvalue weighted by atomic mass is 10.1. The molecule has 1 aromatic rings. The fourth-order valence-electron chi connectivity index (χ4n) is 3.09. The van der Waals surface area contributed by atoms with E-state index in [-0.39, 0.29) is 35.6 Å². The number of hydrogen-bond donors (Lipinski definition) is 1. The summed E-state index contributed by atoms with van der Waals surface area (Å²) in [6, 6.07) is 3.31. The van der Waals surface area contributed by atoms with Gasteiger partial charge in [0.05, 0.1) is 22.0 Å². The van der Waals surface area contributed by atoms with Gasteiger partial charge in [0.25, 0.3) is 17.5 Å². The normalized spacial score (nSPS) is 20.9. The summed E-state index contributed by atoms with van der Waals surface area (Å²) in [5.41, 5.74) is -0.791. The van der Waals surface area contributed by atoms with Gasteiger partial charge in [-0.15, -0.1) is 0 Å². The first-order valence-electron chi connectivity index (χ1n) is 7.83. The molecule has 3 rings (SSSR count). The molecule has 2 heterocycles. The Morgan fingerprint density at radius 1 is 1.31 bits per heavy atom. The van der Waals surface area contributed by atoms with Crippen LogP contribution in [-0.4, -0.2) is 60.1 Å². The van der Waals surface area contributed by atoms with Crippen molar-refractivity contribution >= 4 is 33.2 Å². The molecule has 10 nitrogen and oxygen atoms in total. The van der Waals surface area contributed by atoms with Crippen molar-refractivity contribution in [2.45, 2.75) is 18.9 Å². The molecule has 0 spiro atoms. The second-order valence-corrected chi connectivity index (χ2v) is 8.36. The van der Waals surface area contributed by atoms with Crippen molar-refractivity contribution in [2.75, 3.05) is 18.1 Å². The highest BCUT2D eigenvalue weighted by atomic mass is 32.2. The average molecular weight is 381 g/mol. The van der Waals surface area contributed by atoms with Gasteiger partial charge in [0, 0.05) is 25.1 Å². The Kier molecular flexibility index (Phi) is 4.48. The van der Waals surface area contributed by atoms with Gasteiger partial charge in [0.2, 0.25) is 5.91 Å². The van der Waals surface area contributed by atoms with Gasteiger partial charge >= 0.3 is 0 Å². The minimum atomic E-state index is -3.14. The highest BCUT2D eigenvalue weighted by Gasteiger charge is 2.41. The lowest BCUT2D eigenvalue weighted by Gasteiger charge is -2.15. The number of carbonyl (C=O) groups is 3. The third kappa shape index (κ3) is 3.29. The number of hydrogen-bond acceptors (Lipinski definition) is 7. The highest BCUT2D eigenvalue weighted by Crippen LogP contribution is 2.30. The van der Waals surface area contributed by atoms with E-state index in [2.05, 4.69) is 5.32 Å². The van der Waals surface area contributed by atoms with Crippen LogP contribution in [0.5, 0.6) is 0 Å². The SMILES string of the molecule is O=C(CCN1C(=O)c2cccc([N+](=O)[O-])c2C1=O)NC1CCS(=O)(=O)C1. The number of nitro groups is 1. The van der Waals surface area contributed by atoms with Crippen LogP contribution < -0.4 is 5.32 Å². The quantitative estimate of drug-likeness (QED) is 0.425. The molecule has 1 unspecified atom stereocenters. The molecule has 0 aromatic heterocycles. The third-order valence-corrected chi connectivity index (χ3v) is 6.10. The van der Waals surface area contributed by atoms with Crippen molar-refractivity contribution in [2.24, 2.45) is 0 Å². The molecule has 138 valence electrons. The highest BCUT2D eigenvalue weighted by molar-refractivity contribution is 7.91. The first kappa shape index (κ1) is 18.0. The van der Waals surface area contributed by atoms with Crippen molar-refractivity contribution in [1.82, 2.24) is 10.2 Å². The van der Waals surface area contributed by atoms with Crippen LogP contribution in [0.25, 0.3) is 0 Å². The van der Waals surface area contributed by atoms with Gasteiger partial charge in [0.1, 0.15) is 5.56 Å². The van der Waals surface area contributed by atoms with E-state index >= 15 is 0 Å². The van der Waals surface area contributed by atoms with E-state index in [0.29, 0.717) is 6.42 Å². The smallest absolute Gasteiger partial charge is 0.282 e. The van der Waals surface area contributed by atoms with Crippen molar-refractivity contribution in [3.8, 4) is 0 Å². The molecular formula is C15H15N3O7S. The Bertz CT molecular complexity index is 925. The summed E-state index contributed by atoms with van der Waals surface area (Å²) in [7, 11) is -3.14. The van der Waals surface area contributed by atoms with E-state index in [1.165, 1.54) is 12.1 Å². The monoisotopic (exact) mass is 381 g/mol. The molecule has 1 saturated heterocycles. The second-order valence-electron chi connectivity index (χ2n) is 6.14. The Morgan fingerprint density at radius 3 is 2.65 bits per heavy atom. The van der Waals surface area contributed by atoms with Crippen molar-refractivity contribution in [3.05, 3.63) is 39.4 Å². The second kappa shape index (κ2) is 6.48. The Balaban J connectivity index is 1.65. The maximum atomic E-state index is 12.4. The van der Waals surface area contributed by atoms with Crippen LogP contribution in [0.1, 0.15) is 33.6 Å². The number of imide groups is 1. The number of fused-ring (bicyclic) bond motifs is 1. The number of benzene rings is 1. The van der Waals surface area contributed by atoms with E-state index in [4.69, 9.17) is 0 Å². The Morgan fingerprint density at radius 2 is 2.04 bits per heavy atom. The zero-order valence-electron chi connectivity index (χ0n) is 13.5. The lowest BCUT2D eigenvalue weighted by Crippen LogP contribution is -2.39. The first-order chi connectivity index (χ1) is 12.2. The summed E-state index contributed by atoms with van der Waals surface area (Å²) in [4.78, 5) is 47.7. The largest absolute Gasteiger partial charge is 0.352 e. The third-order valence-electron chi connectivity index (χ3n) is 4.33. The fourth-order valence-corrected chi connectivity index (χ4v) is 4.77. The van der Waals surface area contributed by atoms with Crippen LogP contribution in [0, 0.1) is 10.1 Å². The van der Waals surface area contributed by atoms with Crippen LogP contribution in [-0.2, 0) is 14.6 Å². The summed E-state index contributed by atoms with van der Waals surface area (Å²) >= 11 is 0. The number of nitrogens with one attached hydrogen (secondary N) is 1. The van der Waals surface area contributed by atoms with Crippen LogP contribution in [0.15, 0.2) is 18.2 Å². The van der Waals surface area contributed by atoms with Gasteiger partial charge in [-0.25, -0.2) is 8.42 Å².